The van der Waals surface area contributed by atoms with Gasteiger partial charge >= 0.3 is 0 Å². The topological polar surface area (TPSA) is 87.7 Å². The average molecular weight is 593 g/mol. The lowest BCUT2D eigenvalue weighted by atomic mass is 10.1. The van der Waals surface area contributed by atoms with Gasteiger partial charge in [0.15, 0.2) is 0 Å². The first-order valence-corrected chi connectivity index (χ1v) is 15.0. The second kappa shape index (κ2) is 8.55. The van der Waals surface area contributed by atoms with E-state index in [4.69, 9.17) is 28.8 Å². The first-order valence-electron chi connectivity index (χ1n) is 15.0. The highest BCUT2D eigenvalue weighted by Gasteiger charge is 2.19. The quantitative estimate of drug-likeness (QED) is 0.199. The number of furan rings is 2. The summed E-state index contributed by atoms with van der Waals surface area (Å²) >= 11 is 0. The van der Waals surface area contributed by atoms with E-state index in [-0.39, 0.29) is 0 Å². The molecule has 0 N–H and O–H groups in total. The number of benzene rings is 3. The van der Waals surface area contributed by atoms with Crippen molar-refractivity contribution in [3.63, 3.8) is 0 Å². The Balaban J connectivity index is 1.16. The van der Waals surface area contributed by atoms with E-state index in [1.54, 1.807) is 0 Å². The highest BCUT2D eigenvalue weighted by molar-refractivity contribution is 6.16. The lowest BCUT2D eigenvalue weighted by Gasteiger charge is -2.06. The first-order chi connectivity index (χ1) is 22.8. The van der Waals surface area contributed by atoms with E-state index in [0.717, 1.165) is 99.4 Å². The lowest BCUT2D eigenvalue weighted by molar-refractivity contribution is 0.656. The fourth-order valence-electron chi connectivity index (χ4n) is 7.13. The summed E-state index contributed by atoms with van der Waals surface area (Å²) in [5.74, 6) is 0. The van der Waals surface area contributed by atoms with Gasteiger partial charge in [-0.25, -0.2) is 19.9 Å². The Morgan fingerprint density at radius 3 is 1.11 bits per heavy atom. The summed E-state index contributed by atoms with van der Waals surface area (Å²) in [4.78, 5) is 18.9. The number of aromatic nitrogens is 6. The van der Waals surface area contributed by atoms with Crippen LogP contribution in [0.1, 0.15) is 0 Å². The summed E-state index contributed by atoms with van der Waals surface area (Å²) in [6.07, 6.45) is 7.29. The van der Waals surface area contributed by atoms with Crippen molar-refractivity contribution in [2.45, 2.75) is 0 Å². The van der Waals surface area contributed by atoms with Crippen molar-refractivity contribution >= 4 is 88.0 Å². The molecule has 8 aromatic heterocycles. The fraction of sp³-hybridized carbons (Fsp3) is 0. The second-order valence-corrected chi connectivity index (χ2v) is 11.6. The summed E-state index contributed by atoms with van der Waals surface area (Å²) in [6.45, 7) is 0. The molecule has 46 heavy (non-hydrogen) atoms. The van der Waals surface area contributed by atoms with Crippen LogP contribution in [0, 0.1) is 0 Å². The van der Waals surface area contributed by atoms with Crippen LogP contribution < -0.4 is 0 Å². The molecule has 0 bridgehead atoms. The highest BCUT2D eigenvalue weighted by Crippen LogP contribution is 2.39. The molecule has 0 amide bonds. The molecule has 8 heterocycles. The van der Waals surface area contributed by atoms with Crippen molar-refractivity contribution in [3.05, 3.63) is 122 Å². The van der Waals surface area contributed by atoms with E-state index in [2.05, 4.69) is 63.7 Å². The molecule has 0 atom stereocenters. The van der Waals surface area contributed by atoms with E-state index >= 15 is 0 Å². The molecule has 8 nitrogen and oxygen atoms in total. The molecule has 0 unspecified atom stereocenters. The van der Waals surface area contributed by atoms with E-state index in [1.807, 2.05) is 67.3 Å². The minimum absolute atomic E-state index is 0.771. The van der Waals surface area contributed by atoms with Crippen LogP contribution in [0.3, 0.4) is 0 Å². The van der Waals surface area contributed by atoms with Gasteiger partial charge in [0.2, 0.25) is 0 Å². The largest absolute Gasteiger partial charge is 0.456 e. The predicted molar refractivity (Wildman–Crippen MR) is 181 cm³/mol. The van der Waals surface area contributed by atoms with Crippen LogP contribution in [-0.2, 0) is 0 Å². The Bertz CT molecular complexity index is 2740. The van der Waals surface area contributed by atoms with Gasteiger partial charge in [-0.05, 0) is 91.0 Å². The molecular weight excluding hydrogens is 572 g/mol. The zero-order valence-corrected chi connectivity index (χ0v) is 24.0. The zero-order chi connectivity index (χ0) is 29.9. The van der Waals surface area contributed by atoms with Crippen molar-refractivity contribution in [1.82, 2.24) is 29.1 Å². The van der Waals surface area contributed by atoms with Gasteiger partial charge in [0.05, 0.1) is 11.4 Å². The van der Waals surface area contributed by atoms with E-state index < -0.39 is 0 Å². The maximum Gasteiger partial charge on any atom is 0.146 e. The summed E-state index contributed by atoms with van der Waals surface area (Å²) in [5.41, 5.74) is 8.57. The van der Waals surface area contributed by atoms with E-state index in [0.29, 0.717) is 0 Å². The third kappa shape index (κ3) is 3.07. The maximum absolute atomic E-state index is 6.36. The standard InChI is InChI=1S/C38H20N6O2/c1-5-23-24-6-2-14-40-36(24)43(35(23)39-13-1)21-9-11-31-27(17-21)29-19-30-28-18-22(10-12-32(28)46-34(30)20-33(29)45-31)44-37-25(7-3-15-41-37)26-8-4-16-42-38(26)44/h1-20H. The zero-order valence-electron chi connectivity index (χ0n) is 24.0. The predicted octanol–water partition coefficient (Wildman–Crippen LogP) is 9.26. The minimum atomic E-state index is 0.771. The van der Waals surface area contributed by atoms with Gasteiger partial charge in [-0.2, -0.15) is 0 Å². The van der Waals surface area contributed by atoms with Crippen LogP contribution in [0.2, 0.25) is 0 Å². The molecule has 214 valence electrons. The summed E-state index contributed by atoms with van der Waals surface area (Å²) in [6, 6.07) is 32.9. The molecule has 0 spiro atoms. The molecule has 0 fully saturated rings. The van der Waals surface area contributed by atoms with Crippen LogP contribution in [0.5, 0.6) is 0 Å². The molecular formula is C38H20N6O2. The monoisotopic (exact) mass is 592 g/mol. The average Bonchev–Trinajstić information content (AvgIpc) is 3.84. The van der Waals surface area contributed by atoms with Crippen molar-refractivity contribution in [2.24, 2.45) is 0 Å². The summed E-state index contributed by atoms with van der Waals surface area (Å²) in [5, 5.41) is 8.32. The van der Waals surface area contributed by atoms with Crippen molar-refractivity contribution < 1.29 is 8.83 Å². The van der Waals surface area contributed by atoms with Crippen molar-refractivity contribution in [3.8, 4) is 11.4 Å². The molecule has 0 aliphatic carbocycles. The number of pyridine rings is 4. The minimum Gasteiger partial charge on any atom is -0.456 e. The van der Waals surface area contributed by atoms with Crippen LogP contribution in [0.4, 0.5) is 0 Å². The molecule has 0 radical (unpaired) electrons. The maximum atomic E-state index is 6.36. The number of fused-ring (bicyclic) bond motifs is 12. The van der Waals surface area contributed by atoms with Crippen molar-refractivity contribution in [1.29, 1.82) is 0 Å². The van der Waals surface area contributed by atoms with E-state index in [1.165, 1.54) is 0 Å². The third-order valence-corrected chi connectivity index (χ3v) is 9.12. The normalized spacial score (nSPS) is 12.3. The van der Waals surface area contributed by atoms with Crippen LogP contribution in [-0.4, -0.2) is 29.1 Å². The van der Waals surface area contributed by atoms with Crippen molar-refractivity contribution in [2.75, 3.05) is 0 Å². The molecule has 0 saturated carbocycles. The fourth-order valence-corrected chi connectivity index (χ4v) is 7.13. The van der Waals surface area contributed by atoms with Crippen LogP contribution in [0.15, 0.2) is 131 Å². The third-order valence-electron chi connectivity index (χ3n) is 9.12. The Labute approximate surface area is 258 Å². The van der Waals surface area contributed by atoms with Gasteiger partial charge in [-0.3, -0.25) is 9.13 Å². The van der Waals surface area contributed by atoms with E-state index in [9.17, 15) is 0 Å². The molecule has 8 heteroatoms. The Hall–Kier alpha value is -6.54. The molecule has 0 aliphatic rings. The number of hydrogen-bond acceptors (Lipinski definition) is 6. The van der Waals surface area contributed by atoms with Gasteiger partial charge in [0, 0.05) is 73.9 Å². The van der Waals surface area contributed by atoms with Crippen LogP contribution in [0.25, 0.3) is 99.4 Å². The van der Waals surface area contributed by atoms with Gasteiger partial charge in [-0.1, -0.05) is 0 Å². The van der Waals surface area contributed by atoms with Crippen LogP contribution >= 0.6 is 0 Å². The molecule has 11 aromatic rings. The SMILES string of the molecule is c1cnc2c(c1)c1cccnc1n2-c1ccc2oc3cc4oc5ccc(-n6c7ncccc7c7cccnc76)cc5c4cc3c2c1. The smallest absolute Gasteiger partial charge is 0.146 e. The Morgan fingerprint density at radius 2 is 0.717 bits per heavy atom. The lowest BCUT2D eigenvalue weighted by Crippen LogP contribution is -1.96. The molecule has 11 rings (SSSR count). The number of nitrogens with zero attached hydrogens (tertiary/aromatic N) is 6. The molecule has 0 saturated heterocycles. The van der Waals surface area contributed by atoms with Gasteiger partial charge < -0.3 is 8.83 Å². The first kappa shape index (κ1) is 23.9. The molecule has 3 aromatic carbocycles. The highest BCUT2D eigenvalue weighted by atomic mass is 16.3. The Kier molecular flexibility index (Phi) is 4.43. The molecule has 0 aliphatic heterocycles. The number of hydrogen-bond donors (Lipinski definition) is 0. The van der Waals surface area contributed by atoms with Gasteiger partial charge in [0.25, 0.3) is 0 Å². The second-order valence-electron chi connectivity index (χ2n) is 11.6. The van der Waals surface area contributed by atoms with Gasteiger partial charge in [-0.15, -0.1) is 0 Å². The summed E-state index contributed by atoms with van der Waals surface area (Å²) in [7, 11) is 0. The Morgan fingerprint density at radius 1 is 0.348 bits per heavy atom. The summed E-state index contributed by atoms with van der Waals surface area (Å²) < 4.78 is 17.0. The number of rotatable bonds is 2. The van der Waals surface area contributed by atoms with Gasteiger partial charge in [0.1, 0.15) is 44.9 Å².